The summed E-state index contributed by atoms with van der Waals surface area (Å²) < 4.78 is 5.85. The molecule has 2 aromatic rings. The van der Waals surface area contributed by atoms with Crippen LogP contribution >= 0.6 is 11.8 Å². The van der Waals surface area contributed by atoms with Crippen molar-refractivity contribution in [3.63, 3.8) is 0 Å². The Hall–Kier alpha value is -2.05. The molecule has 0 unspecified atom stereocenters. The van der Waals surface area contributed by atoms with E-state index in [1.807, 2.05) is 36.4 Å². The number of nitrogens with zero attached hydrogens (tertiary/aromatic N) is 3. The summed E-state index contributed by atoms with van der Waals surface area (Å²) in [6.45, 7) is 5.18. The molecule has 2 aliphatic heterocycles. The lowest BCUT2D eigenvalue weighted by atomic mass is 10.1. The van der Waals surface area contributed by atoms with E-state index in [2.05, 4.69) is 16.8 Å². The SMILES string of the molecule is CCN1CCC(OC(=O)N2c3ccccc3Sc3cccnc32)CC1. The highest BCUT2D eigenvalue weighted by Gasteiger charge is 2.32. The second-order valence-electron chi connectivity index (χ2n) is 6.25. The van der Waals surface area contributed by atoms with Crippen LogP contribution in [0.1, 0.15) is 19.8 Å². The second kappa shape index (κ2) is 7.06. The first-order valence-corrected chi connectivity index (χ1v) is 9.53. The first-order chi connectivity index (χ1) is 12.3. The summed E-state index contributed by atoms with van der Waals surface area (Å²) in [5.41, 5.74) is 0.842. The van der Waals surface area contributed by atoms with Gasteiger partial charge in [-0.05, 0) is 43.7 Å². The molecule has 0 radical (unpaired) electrons. The summed E-state index contributed by atoms with van der Waals surface area (Å²) >= 11 is 1.63. The van der Waals surface area contributed by atoms with Gasteiger partial charge in [-0.25, -0.2) is 14.7 Å². The van der Waals surface area contributed by atoms with E-state index >= 15 is 0 Å². The fourth-order valence-corrected chi connectivity index (χ4v) is 4.34. The third kappa shape index (κ3) is 3.24. The Morgan fingerprint density at radius 1 is 1.20 bits per heavy atom. The molecule has 2 aliphatic rings. The Morgan fingerprint density at radius 2 is 1.96 bits per heavy atom. The van der Waals surface area contributed by atoms with Crippen LogP contribution in [0.5, 0.6) is 0 Å². The van der Waals surface area contributed by atoms with Gasteiger partial charge in [-0.3, -0.25) is 0 Å². The average Bonchev–Trinajstić information content (AvgIpc) is 2.66. The fraction of sp³-hybridized carbons (Fsp3) is 0.368. The van der Waals surface area contributed by atoms with Crippen LogP contribution in [-0.4, -0.2) is 41.7 Å². The van der Waals surface area contributed by atoms with Crippen LogP contribution in [-0.2, 0) is 4.74 Å². The number of piperidine rings is 1. The molecule has 0 bridgehead atoms. The summed E-state index contributed by atoms with van der Waals surface area (Å²) in [4.78, 5) is 23.4. The zero-order valence-electron chi connectivity index (χ0n) is 14.2. The summed E-state index contributed by atoms with van der Waals surface area (Å²) in [6, 6.07) is 11.8. The van der Waals surface area contributed by atoms with Gasteiger partial charge in [0.2, 0.25) is 0 Å². The van der Waals surface area contributed by atoms with Crippen LogP contribution in [0.3, 0.4) is 0 Å². The predicted octanol–water partition coefficient (Wildman–Crippen LogP) is 4.31. The summed E-state index contributed by atoms with van der Waals surface area (Å²) in [5.74, 6) is 0.655. The first-order valence-electron chi connectivity index (χ1n) is 8.71. The van der Waals surface area contributed by atoms with Gasteiger partial charge >= 0.3 is 6.09 Å². The molecule has 0 spiro atoms. The minimum Gasteiger partial charge on any atom is -0.445 e. The molecule has 1 amide bonds. The summed E-state index contributed by atoms with van der Waals surface area (Å²) in [5, 5.41) is 0. The van der Waals surface area contributed by atoms with Crippen LogP contribution in [0.15, 0.2) is 52.4 Å². The van der Waals surface area contributed by atoms with Crippen molar-refractivity contribution in [1.82, 2.24) is 9.88 Å². The smallest absolute Gasteiger partial charge is 0.420 e. The largest absolute Gasteiger partial charge is 0.445 e. The van der Waals surface area contributed by atoms with Gasteiger partial charge in [0.1, 0.15) is 6.10 Å². The number of rotatable bonds is 2. The normalized spacial score (nSPS) is 17.7. The lowest BCUT2D eigenvalue weighted by Crippen LogP contribution is -2.40. The van der Waals surface area contributed by atoms with Crippen molar-refractivity contribution in [2.75, 3.05) is 24.5 Å². The molecule has 0 aliphatic carbocycles. The molecule has 1 saturated heterocycles. The number of carbonyl (C=O) groups is 1. The number of benzene rings is 1. The second-order valence-corrected chi connectivity index (χ2v) is 7.33. The number of fused-ring (bicyclic) bond motifs is 2. The van der Waals surface area contributed by atoms with E-state index in [0.29, 0.717) is 5.82 Å². The van der Waals surface area contributed by atoms with E-state index in [1.54, 1.807) is 22.9 Å². The molecule has 5 nitrogen and oxygen atoms in total. The number of anilines is 2. The number of amides is 1. The number of para-hydroxylation sites is 1. The lowest BCUT2D eigenvalue weighted by molar-refractivity contribution is 0.0576. The number of carbonyl (C=O) groups excluding carboxylic acids is 1. The molecule has 1 aromatic heterocycles. The van der Waals surface area contributed by atoms with Gasteiger partial charge < -0.3 is 9.64 Å². The maximum Gasteiger partial charge on any atom is 0.420 e. The fourth-order valence-electron chi connectivity index (χ4n) is 3.31. The Kier molecular flexibility index (Phi) is 4.63. The lowest BCUT2D eigenvalue weighted by Gasteiger charge is -2.33. The van der Waals surface area contributed by atoms with E-state index in [0.717, 1.165) is 48.0 Å². The third-order valence-electron chi connectivity index (χ3n) is 4.72. The summed E-state index contributed by atoms with van der Waals surface area (Å²) in [6.07, 6.45) is 3.14. The van der Waals surface area contributed by atoms with Crippen LogP contribution in [0, 0.1) is 0 Å². The Bertz CT molecular complexity index is 729. The van der Waals surface area contributed by atoms with Gasteiger partial charge in [0.15, 0.2) is 5.82 Å². The zero-order valence-corrected chi connectivity index (χ0v) is 15.0. The van der Waals surface area contributed by atoms with E-state index in [-0.39, 0.29) is 12.2 Å². The van der Waals surface area contributed by atoms with E-state index < -0.39 is 0 Å². The van der Waals surface area contributed by atoms with Crippen LogP contribution < -0.4 is 4.90 Å². The number of ether oxygens (including phenoxy) is 1. The minimum atomic E-state index is -0.331. The van der Waals surface area contributed by atoms with Crippen molar-refractivity contribution in [3.05, 3.63) is 42.6 Å². The predicted molar refractivity (Wildman–Crippen MR) is 98.6 cm³/mol. The molecular weight excluding hydrogens is 334 g/mol. The third-order valence-corrected chi connectivity index (χ3v) is 5.82. The van der Waals surface area contributed by atoms with Crippen molar-refractivity contribution in [3.8, 4) is 0 Å². The molecular formula is C19H21N3O2S. The van der Waals surface area contributed by atoms with E-state index in [9.17, 15) is 4.79 Å². The van der Waals surface area contributed by atoms with Gasteiger partial charge in [0.25, 0.3) is 0 Å². The van der Waals surface area contributed by atoms with Crippen molar-refractivity contribution in [2.24, 2.45) is 0 Å². The molecule has 0 saturated carbocycles. The van der Waals surface area contributed by atoms with Crippen molar-refractivity contribution < 1.29 is 9.53 Å². The van der Waals surface area contributed by atoms with Crippen molar-refractivity contribution in [2.45, 2.75) is 35.7 Å². The maximum absolute atomic E-state index is 13.0. The number of likely N-dealkylation sites (tertiary alicyclic amines) is 1. The summed E-state index contributed by atoms with van der Waals surface area (Å²) in [7, 11) is 0. The number of hydrogen-bond donors (Lipinski definition) is 0. The number of hydrogen-bond acceptors (Lipinski definition) is 5. The van der Waals surface area contributed by atoms with Gasteiger partial charge in [-0.1, -0.05) is 30.8 Å². The molecule has 6 heteroatoms. The van der Waals surface area contributed by atoms with Gasteiger partial charge in [-0.2, -0.15) is 0 Å². The molecule has 130 valence electrons. The monoisotopic (exact) mass is 355 g/mol. The molecule has 3 heterocycles. The highest BCUT2D eigenvalue weighted by atomic mass is 32.2. The van der Waals surface area contributed by atoms with Crippen molar-refractivity contribution in [1.29, 1.82) is 0 Å². The number of pyridine rings is 1. The highest BCUT2D eigenvalue weighted by Crippen LogP contribution is 2.47. The first kappa shape index (κ1) is 16.4. The van der Waals surface area contributed by atoms with E-state index in [1.165, 1.54) is 0 Å². The van der Waals surface area contributed by atoms with Crippen LogP contribution in [0.25, 0.3) is 0 Å². The molecule has 0 atom stereocenters. The zero-order chi connectivity index (χ0) is 17.2. The molecule has 4 rings (SSSR count). The molecule has 25 heavy (non-hydrogen) atoms. The maximum atomic E-state index is 13.0. The van der Waals surface area contributed by atoms with Crippen molar-refractivity contribution >= 4 is 29.4 Å². The highest BCUT2D eigenvalue weighted by molar-refractivity contribution is 7.99. The van der Waals surface area contributed by atoms with Gasteiger partial charge in [0, 0.05) is 24.2 Å². The number of aromatic nitrogens is 1. The quantitative estimate of drug-likeness (QED) is 0.803. The van der Waals surface area contributed by atoms with Gasteiger partial charge in [0.05, 0.1) is 10.6 Å². The Labute approximate surface area is 152 Å². The molecule has 1 aromatic carbocycles. The van der Waals surface area contributed by atoms with Crippen LogP contribution in [0.4, 0.5) is 16.3 Å². The Balaban J connectivity index is 1.58. The topological polar surface area (TPSA) is 45.7 Å². The van der Waals surface area contributed by atoms with E-state index in [4.69, 9.17) is 4.74 Å². The molecule has 1 fully saturated rings. The Morgan fingerprint density at radius 3 is 2.76 bits per heavy atom. The van der Waals surface area contributed by atoms with Gasteiger partial charge in [-0.15, -0.1) is 0 Å². The molecule has 0 N–H and O–H groups in total. The average molecular weight is 355 g/mol. The minimum absolute atomic E-state index is 0.0239. The van der Waals surface area contributed by atoms with Crippen LogP contribution in [0.2, 0.25) is 0 Å². The standard InChI is InChI=1S/C19H21N3O2S/c1-2-21-12-9-14(10-13-21)24-19(23)22-15-6-3-4-7-16(15)25-17-8-5-11-20-18(17)22/h3-8,11,14H,2,9-10,12-13H2,1H3.